The predicted octanol–water partition coefficient (Wildman–Crippen LogP) is 3.73. The molecule has 0 radical (unpaired) electrons. The van der Waals surface area contributed by atoms with Gasteiger partial charge in [0.25, 0.3) is 5.91 Å². The Balaban J connectivity index is 1.84. The maximum atomic E-state index is 11.7. The Labute approximate surface area is 127 Å². The molecule has 3 rings (SSSR count). The van der Waals surface area contributed by atoms with Crippen LogP contribution in [0.2, 0.25) is 0 Å². The second kappa shape index (κ2) is 6.10. The van der Waals surface area contributed by atoms with Gasteiger partial charge in [0.1, 0.15) is 10.8 Å². The smallest absolute Gasteiger partial charge is 0.252 e. The Kier molecular flexibility index (Phi) is 4.01. The minimum absolute atomic E-state index is 0.378. The van der Waals surface area contributed by atoms with Crippen molar-refractivity contribution in [3.63, 3.8) is 0 Å². The molecule has 2 aromatic rings. The Hall–Kier alpha value is -2.14. The second-order valence-corrected chi connectivity index (χ2v) is 5.99. The van der Waals surface area contributed by atoms with Crippen molar-refractivity contribution in [1.29, 1.82) is 0 Å². The van der Waals surface area contributed by atoms with Crippen molar-refractivity contribution in [2.45, 2.75) is 25.7 Å². The number of hydrogen-bond acceptors (Lipinski definition) is 4. The van der Waals surface area contributed by atoms with Gasteiger partial charge in [-0.25, -0.2) is 4.99 Å². The quantitative estimate of drug-likeness (QED) is 0.874. The third kappa shape index (κ3) is 2.97. The summed E-state index contributed by atoms with van der Waals surface area (Å²) in [5.41, 5.74) is 7.25. The topological polar surface area (TPSA) is 68.6 Å². The standard InChI is InChI=1S/C16H16N2O2S/c17-15(19)14-12-7-1-2-8-13(12)21-16(14)18-9-3-5-11-6-4-10-20-11/h3-6,9-10H,1-2,7-8H2,(H2,17,19)/b5-3+,18-9+. The molecule has 0 aliphatic heterocycles. The number of nitrogens with two attached hydrogens (primary N) is 1. The van der Waals surface area contributed by atoms with E-state index < -0.39 is 0 Å². The van der Waals surface area contributed by atoms with E-state index in [0.29, 0.717) is 5.56 Å². The SMILES string of the molecule is NC(=O)c1c(/N=C/C=C/c2ccco2)sc2c1CCCC2. The van der Waals surface area contributed by atoms with Crippen LogP contribution < -0.4 is 5.73 Å². The molecular weight excluding hydrogens is 284 g/mol. The number of aliphatic imine (C=N–C) groups is 1. The van der Waals surface area contributed by atoms with Crippen molar-refractivity contribution in [2.75, 3.05) is 0 Å². The number of carbonyl (C=O) groups excluding carboxylic acids is 1. The fourth-order valence-electron chi connectivity index (χ4n) is 2.53. The van der Waals surface area contributed by atoms with Crippen LogP contribution >= 0.6 is 11.3 Å². The molecule has 0 atom stereocenters. The molecule has 1 aliphatic rings. The molecule has 21 heavy (non-hydrogen) atoms. The van der Waals surface area contributed by atoms with Gasteiger partial charge in [-0.1, -0.05) is 0 Å². The number of rotatable bonds is 4. The van der Waals surface area contributed by atoms with Crippen molar-refractivity contribution >= 4 is 34.5 Å². The summed E-state index contributed by atoms with van der Waals surface area (Å²) in [5.74, 6) is 0.388. The third-order valence-electron chi connectivity index (χ3n) is 3.48. The molecular formula is C16H16N2O2S. The van der Waals surface area contributed by atoms with Crippen LogP contribution in [0, 0.1) is 0 Å². The summed E-state index contributed by atoms with van der Waals surface area (Å²) in [4.78, 5) is 17.4. The van der Waals surface area contributed by atoms with Crippen molar-refractivity contribution in [3.8, 4) is 0 Å². The molecule has 0 fully saturated rings. The number of primary amides is 1. The van der Waals surface area contributed by atoms with Gasteiger partial charge in [-0.3, -0.25) is 4.79 Å². The summed E-state index contributed by atoms with van der Waals surface area (Å²) < 4.78 is 5.19. The minimum Gasteiger partial charge on any atom is -0.465 e. The Morgan fingerprint density at radius 2 is 2.24 bits per heavy atom. The largest absolute Gasteiger partial charge is 0.465 e. The Morgan fingerprint density at radius 1 is 1.38 bits per heavy atom. The van der Waals surface area contributed by atoms with Crippen molar-refractivity contribution in [1.82, 2.24) is 0 Å². The van der Waals surface area contributed by atoms with E-state index in [1.807, 2.05) is 18.2 Å². The Bertz CT molecular complexity index is 696. The Morgan fingerprint density at radius 3 is 3.00 bits per heavy atom. The highest BCUT2D eigenvalue weighted by Crippen LogP contribution is 2.39. The number of hydrogen-bond donors (Lipinski definition) is 1. The molecule has 0 unspecified atom stereocenters. The highest BCUT2D eigenvalue weighted by Gasteiger charge is 2.23. The number of nitrogens with zero attached hydrogens (tertiary/aromatic N) is 1. The van der Waals surface area contributed by atoms with Crippen LogP contribution in [0.15, 0.2) is 33.9 Å². The highest BCUT2D eigenvalue weighted by atomic mass is 32.1. The van der Waals surface area contributed by atoms with Crippen LogP contribution in [0.1, 0.15) is 39.4 Å². The molecule has 5 heteroatoms. The highest BCUT2D eigenvalue weighted by molar-refractivity contribution is 7.16. The molecule has 2 N–H and O–H groups in total. The first kappa shape index (κ1) is 13.8. The lowest BCUT2D eigenvalue weighted by Crippen LogP contribution is -2.14. The number of carbonyl (C=O) groups is 1. The van der Waals surface area contributed by atoms with Crippen LogP contribution in [0.25, 0.3) is 6.08 Å². The molecule has 4 nitrogen and oxygen atoms in total. The normalized spacial score (nSPS) is 14.9. The van der Waals surface area contributed by atoms with Gasteiger partial charge in [-0.2, -0.15) is 0 Å². The van der Waals surface area contributed by atoms with Crippen LogP contribution in [-0.4, -0.2) is 12.1 Å². The van der Waals surface area contributed by atoms with Crippen molar-refractivity contribution < 1.29 is 9.21 Å². The lowest BCUT2D eigenvalue weighted by atomic mass is 9.95. The van der Waals surface area contributed by atoms with E-state index >= 15 is 0 Å². The van der Waals surface area contributed by atoms with Crippen molar-refractivity contribution in [3.05, 3.63) is 46.2 Å². The summed E-state index contributed by atoms with van der Waals surface area (Å²) in [7, 11) is 0. The number of fused-ring (bicyclic) bond motifs is 1. The van der Waals surface area contributed by atoms with E-state index in [0.717, 1.165) is 35.6 Å². The molecule has 0 bridgehead atoms. The van der Waals surface area contributed by atoms with Crippen LogP contribution in [0.3, 0.4) is 0 Å². The molecule has 0 saturated heterocycles. The zero-order valence-electron chi connectivity index (χ0n) is 11.5. The zero-order chi connectivity index (χ0) is 14.7. The van der Waals surface area contributed by atoms with Crippen LogP contribution in [0.5, 0.6) is 0 Å². The third-order valence-corrected chi connectivity index (χ3v) is 4.68. The van der Waals surface area contributed by atoms with Crippen LogP contribution in [0.4, 0.5) is 5.00 Å². The number of amides is 1. The predicted molar refractivity (Wildman–Crippen MR) is 85.4 cm³/mol. The van der Waals surface area contributed by atoms with Gasteiger partial charge < -0.3 is 10.2 Å². The summed E-state index contributed by atoms with van der Waals surface area (Å²) in [6.45, 7) is 0. The summed E-state index contributed by atoms with van der Waals surface area (Å²) in [6, 6.07) is 3.69. The summed E-state index contributed by atoms with van der Waals surface area (Å²) >= 11 is 1.58. The molecule has 0 spiro atoms. The van der Waals surface area contributed by atoms with Gasteiger partial charge in [0.05, 0.1) is 11.8 Å². The van der Waals surface area contributed by atoms with E-state index in [4.69, 9.17) is 10.2 Å². The lowest BCUT2D eigenvalue weighted by Gasteiger charge is -2.10. The first-order valence-corrected chi connectivity index (χ1v) is 7.76. The van der Waals surface area contributed by atoms with Gasteiger partial charge in [0.15, 0.2) is 0 Å². The van der Waals surface area contributed by atoms with Gasteiger partial charge in [0, 0.05) is 11.1 Å². The van der Waals surface area contributed by atoms with E-state index in [1.54, 1.807) is 29.9 Å². The molecule has 1 amide bonds. The first-order valence-electron chi connectivity index (χ1n) is 6.94. The van der Waals surface area contributed by atoms with Gasteiger partial charge in [-0.05, 0) is 55.5 Å². The second-order valence-electron chi connectivity index (χ2n) is 4.91. The lowest BCUT2D eigenvalue weighted by molar-refractivity contribution is 0.100. The van der Waals surface area contributed by atoms with Gasteiger partial charge >= 0.3 is 0 Å². The monoisotopic (exact) mass is 300 g/mol. The van der Waals surface area contributed by atoms with E-state index in [2.05, 4.69) is 4.99 Å². The first-order chi connectivity index (χ1) is 10.3. The number of allylic oxidation sites excluding steroid dienone is 1. The maximum Gasteiger partial charge on any atom is 0.252 e. The number of aryl methyl sites for hydroxylation is 1. The minimum atomic E-state index is -0.378. The zero-order valence-corrected chi connectivity index (χ0v) is 12.4. The van der Waals surface area contributed by atoms with E-state index in [-0.39, 0.29) is 5.91 Å². The van der Waals surface area contributed by atoms with Gasteiger partial charge in [0.2, 0.25) is 0 Å². The molecule has 2 aromatic heterocycles. The average molecular weight is 300 g/mol. The fraction of sp³-hybridized carbons (Fsp3) is 0.250. The number of furan rings is 1. The molecule has 1 aliphatic carbocycles. The molecule has 0 aromatic carbocycles. The molecule has 108 valence electrons. The average Bonchev–Trinajstić information content (AvgIpc) is 3.10. The van der Waals surface area contributed by atoms with E-state index in [1.165, 1.54) is 11.3 Å². The summed E-state index contributed by atoms with van der Waals surface area (Å²) in [5, 5.41) is 0.721. The summed E-state index contributed by atoms with van der Waals surface area (Å²) in [6.07, 6.45) is 11.2. The van der Waals surface area contributed by atoms with Crippen molar-refractivity contribution in [2.24, 2.45) is 10.7 Å². The van der Waals surface area contributed by atoms with Gasteiger partial charge in [-0.15, -0.1) is 11.3 Å². The fourth-order valence-corrected chi connectivity index (χ4v) is 3.78. The van der Waals surface area contributed by atoms with E-state index in [9.17, 15) is 4.79 Å². The molecule has 0 saturated carbocycles. The maximum absolute atomic E-state index is 11.7. The van der Waals surface area contributed by atoms with Crippen LogP contribution in [-0.2, 0) is 12.8 Å². The number of thiophene rings is 1. The molecule has 2 heterocycles.